The van der Waals surface area contributed by atoms with E-state index in [1.807, 2.05) is 0 Å². The van der Waals surface area contributed by atoms with Gasteiger partial charge in [0.2, 0.25) is 11.8 Å². The Morgan fingerprint density at radius 1 is 0.244 bits per heavy atom. The summed E-state index contributed by atoms with van der Waals surface area (Å²) in [5, 5.41) is 13.4. The van der Waals surface area contributed by atoms with Crippen LogP contribution in [-0.4, -0.2) is 62.6 Å². The van der Waals surface area contributed by atoms with Crippen LogP contribution in [0.2, 0.25) is 0 Å². The van der Waals surface area contributed by atoms with Gasteiger partial charge >= 0.3 is 0 Å². The maximum Gasteiger partial charge on any atom is 0.220 e. The molecule has 90 heavy (non-hydrogen) atoms. The lowest BCUT2D eigenvalue weighted by atomic mass is 9.89. The first-order chi connectivity index (χ1) is 44.4. The van der Waals surface area contributed by atoms with Gasteiger partial charge in [-0.05, 0) is 174 Å². The number of hydrogen-bond acceptors (Lipinski definition) is 6. The van der Waals surface area contributed by atoms with Gasteiger partial charge in [-0.15, -0.1) is 0 Å². The van der Waals surface area contributed by atoms with Crippen molar-refractivity contribution >= 4 is 23.4 Å². The molecule has 0 aromatic carbocycles. The highest BCUT2D eigenvalue weighted by atomic mass is 16.2. The van der Waals surface area contributed by atoms with E-state index in [9.17, 15) is 19.2 Å². The van der Waals surface area contributed by atoms with Crippen molar-refractivity contribution in [2.24, 2.45) is 11.8 Å². The average Bonchev–Trinajstić information content (AvgIpc) is 3.75. The van der Waals surface area contributed by atoms with Crippen LogP contribution < -0.4 is 21.3 Å². The summed E-state index contributed by atoms with van der Waals surface area (Å²) in [6.45, 7) is 13.4. The lowest BCUT2D eigenvalue weighted by Gasteiger charge is -2.18. The smallest absolute Gasteiger partial charge is 0.220 e. The van der Waals surface area contributed by atoms with Crippen molar-refractivity contribution in [1.82, 2.24) is 21.3 Å². The minimum atomic E-state index is -0.0441. The Kier molecular flexibility index (Phi) is 72.8. The highest BCUT2D eigenvalue weighted by Gasteiger charge is 2.20. The molecular weight excluding hydrogens is 1100 g/mol. The van der Waals surface area contributed by atoms with Gasteiger partial charge in [0.25, 0.3) is 0 Å². The molecule has 0 aliphatic carbocycles. The molecule has 0 saturated heterocycles. The van der Waals surface area contributed by atoms with Gasteiger partial charge in [-0.25, -0.2) is 0 Å². The maximum atomic E-state index is 13.7. The van der Waals surface area contributed by atoms with Crippen LogP contribution in [0.3, 0.4) is 0 Å². The Morgan fingerprint density at radius 3 is 0.900 bits per heavy atom. The molecule has 0 radical (unpaired) electrons. The number of amides is 2. The number of allylic oxidation sites excluding steroid dienone is 8. The van der Waals surface area contributed by atoms with Crippen LogP contribution in [0.15, 0.2) is 48.6 Å². The molecule has 4 N–H and O–H groups in total. The Hall–Kier alpha value is -2.84. The first-order valence-corrected chi connectivity index (χ1v) is 40.0. The molecule has 2 atom stereocenters. The molecule has 0 aromatic heterocycles. The molecule has 0 saturated carbocycles. The molecule has 0 heterocycles. The zero-order valence-electron chi connectivity index (χ0n) is 60.7. The minimum Gasteiger partial charge on any atom is -0.356 e. The summed E-state index contributed by atoms with van der Waals surface area (Å²) in [5.41, 5.74) is 0. The molecular formula is C82H154N4O4. The van der Waals surface area contributed by atoms with E-state index in [0.29, 0.717) is 63.3 Å². The Balaban J connectivity index is 4.91. The topological polar surface area (TPSA) is 116 Å². The van der Waals surface area contributed by atoms with E-state index in [0.717, 1.165) is 103 Å². The van der Waals surface area contributed by atoms with E-state index in [1.54, 1.807) is 0 Å². The van der Waals surface area contributed by atoms with Gasteiger partial charge < -0.3 is 21.3 Å². The monoisotopic (exact) mass is 1260 g/mol. The van der Waals surface area contributed by atoms with E-state index >= 15 is 0 Å². The third-order valence-electron chi connectivity index (χ3n) is 18.5. The van der Waals surface area contributed by atoms with Crippen LogP contribution in [0.25, 0.3) is 0 Å². The summed E-state index contributed by atoms with van der Waals surface area (Å²) >= 11 is 0. The summed E-state index contributed by atoms with van der Waals surface area (Å²) in [6, 6.07) is 0. The fourth-order valence-electron chi connectivity index (χ4n) is 12.3. The van der Waals surface area contributed by atoms with Crippen LogP contribution in [0.1, 0.15) is 400 Å². The molecule has 0 bridgehead atoms. The quantitative estimate of drug-likeness (QED) is 0.0356. The maximum absolute atomic E-state index is 13.7. The van der Waals surface area contributed by atoms with Crippen LogP contribution in [0.4, 0.5) is 0 Å². The van der Waals surface area contributed by atoms with Gasteiger partial charge in [-0.2, -0.15) is 0 Å². The summed E-state index contributed by atoms with van der Waals surface area (Å²) < 4.78 is 0. The highest BCUT2D eigenvalue weighted by Crippen LogP contribution is 2.22. The second-order valence-electron chi connectivity index (χ2n) is 27.3. The van der Waals surface area contributed by atoms with E-state index in [4.69, 9.17) is 0 Å². The van der Waals surface area contributed by atoms with E-state index < -0.39 is 0 Å². The second-order valence-corrected chi connectivity index (χ2v) is 27.3. The van der Waals surface area contributed by atoms with Crippen LogP contribution >= 0.6 is 0 Å². The first-order valence-electron chi connectivity index (χ1n) is 40.0. The summed E-state index contributed by atoms with van der Waals surface area (Å²) in [6.07, 6.45) is 86.5. The van der Waals surface area contributed by atoms with Crippen molar-refractivity contribution in [2.75, 3.05) is 39.3 Å². The Morgan fingerprint density at radius 2 is 0.533 bits per heavy atom. The van der Waals surface area contributed by atoms with Gasteiger partial charge in [0.05, 0.1) is 0 Å². The van der Waals surface area contributed by atoms with E-state index in [2.05, 4.69) is 97.6 Å². The summed E-state index contributed by atoms with van der Waals surface area (Å²) in [7, 11) is 0. The first kappa shape index (κ1) is 87.2. The molecule has 0 aliphatic heterocycles. The van der Waals surface area contributed by atoms with Gasteiger partial charge in [-0.3, -0.25) is 19.2 Å². The molecule has 0 aliphatic rings. The predicted molar refractivity (Wildman–Crippen MR) is 396 cm³/mol. The normalized spacial score (nSPS) is 12.6. The molecule has 2 unspecified atom stereocenters. The van der Waals surface area contributed by atoms with E-state index in [-0.39, 0.29) is 23.7 Å². The van der Waals surface area contributed by atoms with Crippen molar-refractivity contribution < 1.29 is 19.2 Å². The number of rotatable bonds is 75. The molecule has 8 nitrogen and oxygen atoms in total. The molecule has 0 rings (SSSR count). The Labute approximate surface area is 560 Å². The van der Waals surface area contributed by atoms with Crippen LogP contribution in [0, 0.1) is 11.8 Å². The summed E-state index contributed by atoms with van der Waals surface area (Å²) in [4.78, 5) is 53.1. The van der Waals surface area contributed by atoms with Gasteiger partial charge in [0.15, 0.2) is 0 Å². The van der Waals surface area contributed by atoms with Gasteiger partial charge in [0.1, 0.15) is 11.6 Å². The number of carbonyl (C=O) groups is 4. The molecule has 526 valence electrons. The average molecular weight is 1260 g/mol. The molecule has 0 spiro atoms. The number of Topliss-reactive ketones (excluding diaryl/α,β-unsaturated/α-hetero) is 2. The summed E-state index contributed by atoms with van der Waals surface area (Å²) in [5.74, 6) is 0.857. The van der Waals surface area contributed by atoms with Gasteiger partial charge in [0, 0.05) is 57.2 Å². The SMILES string of the molecule is CCCCCCCC/C=C\CCCCCCCC(=O)NCCCNCCC(CNCCCNC(=O)CCC(CCCC/C=C\CCCCCCCC)C(=O)CCCCCCC/C=C\CCCCCCCC)C(=O)CCCCCCC/C=C\CCCCCCCC. The fraction of sp³-hybridized carbons (Fsp3) is 0.854. The van der Waals surface area contributed by atoms with Crippen molar-refractivity contribution in [2.45, 2.75) is 400 Å². The second kappa shape index (κ2) is 75.2. The zero-order valence-corrected chi connectivity index (χ0v) is 60.7. The third kappa shape index (κ3) is 68.0. The lowest BCUT2D eigenvalue weighted by molar-refractivity contribution is -0.125. The standard InChI is InChI=1S/C82H154N4O4/c1-5-9-13-17-21-25-29-33-36-39-43-47-51-55-59-65-79(87)77(64-58-54-50-46-42-32-28-24-20-16-12-8-4)68-69-82(90)86-74-63-72-84-76-78(80(88)66-60-56-52-48-44-40-37-34-30-26-22-18-14-10-6-2)70-75-83-71-62-73-85-81(89)67-61-57-53-49-45-41-38-35-31-27-23-19-15-11-7-3/h33-38,42,46,77-78,83-84H,5-32,39-41,43-45,47-76H2,1-4H3,(H,85,89)(H,86,90)/b36-33-,37-34-,38-35-,46-42-. The van der Waals surface area contributed by atoms with Gasteiger partial charge in [-0.1, -0.05) is 269 Å². The van der Waals surface area contributed by atoms with Crippen molar-refractivity contribution in [3.63, 3.8) is 0 Å². The molecule has 8 heteroatoms. The fourth-order valence-corrected chi connectivity index (χ4v) is 12.3. The number of carbonyl (C=O) groups excluding carboxylic acids is 4. The third-order valence-corrected chi connectivity index (χ3v) is 18.5. The molecule has 0 aromatic rings. The van der Waals surface area contributed by atoms with Crippen molar-refractivity contribution in [3.8, 4) is 0 Å². The van der Waals surface area contributed by atoms with Crippen LogP contribution in [-0.2, 0) is 19.2 Å². The predicted octanol–water partition coefficient (Wildman–Crippen LogP) is 23.7. The highest BCUT2D eigenvalue weighted by molar-refractivity contribution is 5.82. The molecule has 0 fully saturated rings. The van der Waals surface area contributed by atoms with Crippen molar-refractivity contribution in [3.05, 3.63) is 48.6 Å². The van der Waals surface area contributed by atoms with E-state index in [1.165, 1.54) is 257 Å². The molecule has 2 amide bonds. The van der Waals surface area contributed by atoms with Crippen molar-refractivity contribution in [1.29, 1.82) is 0 Å². The lowest BCUT2D eigenvalue weighted by Crippen LogP contribution is -2.34. The number of unbranched alkanes of at least 4 members (excludes halogenated alkanes) is 41. The Bertz CT molecular complexity index is 1640. The zero-order chi connectivity index (χ0) is 65.2. The number of hydrogen-bond donors (Lipinski definition) is 4. The largest absolute Gasteiger partial charge is 0.356 e. The number of ketones is 2. The van der Waals surface area contributed by atoms with Crippen LogP contribution in [0.5, 0.6) is 0 Å². The minimum absolute atomic E-state index is 0.0325. The number of nitrogens with one attached hydrogen (secondary N) is 4.